The summed E-state index contributed by atoms with van der Waals surface area (Å²) in [4.78, 5) is 28.0. The molecule has 0 fully saturated rings. The summed E-state index contributed by atoms with van der Waals surface area (Å²) in [6, 6.07) is 13.0. The van der Waals surface area contributed by atoms with Crippen LogP contribution in [0.4, 0.5) is 5.69 Å². The van der Waals surface area contributed by atoms with Crippen molar-refractivity contribution in [1.29, 1.82) is 0 Å². The van der Waals surface area contributed by atoms with Gasteiger partial charge in [0.25, 0.3) is 5.91 Å². The number of nitrogens with one attached hydrogen (secondary N) is 2. The third kappa shape index (κ3) is 3.79. The molecule has 1 unspecified atom stereocenters. The average molecular weight is 376 g/mol. The van der Waals surface area contributed by atoms with E-state index < -0.39 is 5.97 Å². The SMILES string of the molecule is Cc1cccc(NC(=O)COC(=O)c2ccc3[nH]c4c(c3c2)CC(C)CC4)c1. The van der Waals surface area contributed by atoms with Crippen molar-refractivity contribution in [1.82, 2.24) is 4.98 Å². The molecule has 1 heterocycles. The summed E-state index contributed by atoms with van der Waals surface area (Å²) in [7, 11) is 0. The van der Waals surface area contributed by atoms with Crippen LogP contribution in [0.1, 0.15) is 40.5 Å². The Bertz CT molecular complexity index is 1050. The van der Waals surface area contributed by atoms with Gasteiger partial charge in [0.2, 0.25) is 0 Å². The Kier molecular flexibility index (Phi) is 4.90. The number of esters is 1. The van der Waals surface area contributed by atoms with Crippen LogP contribution in [0.25, 0.3) is 10.9 Å². The van der Waals surface area contributed by atoms with Crippen LogP contribution in [0.5, 0.6) is 0 Å². The topological polar surface area (TPSA) is 71.2 Å². The van der Waals surface area contributed by atoms with E-state index in [1.54, 1.807) is 12.1 Å². The summed E-state index contributed by atoms with van der Waals surface area (Å²) in [5, 5.41) is 3.82. The Balaban J connectivity index is 1.44. The fourth-order valence-corrected chi connectivity index (χ4v) is 3.85. The minimum absolute atomic E-state index is 0.312. The quantitative estimate of drug-likeness (QED) is 0.663. The molecule has 28 heavy (non-hydrogen) atoms. The van der Waals surface area contributed by atoms with E-state index in [0.717, 1.165) is 29.3 Å². The predicted molar refractivity (Wildman–Crippen MR) is 110 cm³/mol. The highest BCUT2D eigenvalue weighted by Crippen LogP contribution is 2.32. The molecule has 0 bridgehead atoms. The van der Waals surface area contributed by atoms with Crippen LogP contribution in [0.2, 0.25) is 0 Å². The van der Waals surface area contributed by atoms with E-state index in [1.807, 2.05) is 37.3 Å². The number of H-pyrrole nitrogens is 1. The number of ether oxygens (including phenoxy) is 1. The zero-order valence-corrected chi connectivity index (χ0v) is 16.2. The van der Waals surface area contributed by atoms with Gasteiger partial charge in [-0.3, -0.25) is 4.79 Å². The number of aromatic amines is 1. The van der Waals surface area contributed by atoms with Crippen molar-refractivity contribution < 1.29 is 14.3 Å². The molecule has 5 heteroatoms. The molecular formula is C23H24N2O3. The normalized spacial score (nSPS) is 15.9. The number of benzene rings is 2. The van der Waals surface area contributed by atoms with Crippen LogP contribution in [-0.4, -0.2) is 23.5 Å². The molecule has 2 N–H and O–H groups in total. The molecule has 0 spiro atoms. The number of carbonyl (C=O) groups excluding carboxylic acids is 2. The molecule has 1 aliphatic rings. The van der Waals surface area contributed by atoms with Crippen molar-refractivity contribution in [2.75, 3.05) is 11.9 Å². The molecule has 1 atom stereocenters. The number of aromatic nitrogens is 1. The highest BCUT2D eigenvalue weighted by Gasteiger charge is 2.21. The molecule has 0 saturated heterocycles. The first-order valence-corrected chi connectivity index (χ1v) is 9.66. The number of hydrogen-bond acceptors (Lipinski definition) is 3. The summed E-state index contributed by atoms with van der Waals surface area (Å²) in [5.41, 5.74) is 5.84. The van der Waals surface area contributed by atoms with Crippen molar-refractivity contribution in [3.63, 3.8) is 0 Å². The lowest BCUT2D eigenvalue weighted by molar-refractivity contribution is -0.119. The second-order valence-electron chi connectivity index (χ2n) is 7.68. The Labute approximate surface area is 164 Å². The van der Waals surface area contributed by atoms with Crippen molar-refractivity contribution in [3.8, 4) is 0 Å². The number of rotatable bonds is 4. The molecule has 0 radical (unpaired) electrons. The Morgan fingerprint density at radius 1 is 1.21 bits per heavy atom. The van der Waals surface area contributed by atoms with Crippen LogP contribution in [0.3, 0.4) is 0 Å². The molecule has 1 aliphatic carbocycles. The van der Waals surface area contributed by atoms with E-state index in [0.29, 0.717) is 17.2 Å². The lowest BCUT2D eigenvalue weighted by atomic mass is 9.87. The Morgan fingerprint density at radius 3 is 2.89 bits per heavy atom. The van der Waals surface area contributed by atoms with Crippen LogP contribution in [-0.2, 0) is 22.4 Å². The molecule has 5 nitrogen and oxygen atoms in total. The highest BCUT2D eigenvalue weighted by atomic mass is 16.5. The number of carbonyl (C=O) groups is 2. The smallest absolute Gasteiger partial charge is 0.338 e. The lowest BCUT2D eigenvalue weighted by Gasteiger charge is -2.18. The van der Waals surface area contributed by atoms with Gasteiger partial charge >= 0.3 is 5.97 Å². The first kappa shape index (κ1) is 18.3. The van der Waals surface area contributed by atoms with E-state index in [2.05, 4.69) is 17.2 Å². The summed E-state index contributed by atoms with van der Waals surface area (Å²) in [5.74, 6) is -0.194. The van der Waals surface area contributed by atoms with Gasteiger partial charge < -0.3 is 15.0 Å². The van der Waals surface area contributed by atoms with Gasteiger partial charge in [-0.25, -0.2) is 4.79 Å². The van der Waals surface area contributed by atoms with Gasteiger partial charge in [-0.2, -0.15) is 0 Å². The first-order chi connectivity index (χ1) is 13.5. The summed E-state index contributed by atoms with van der Waals surface area (Å²) >= 11 is 0. The maximum absolute atomic E-state index is 12.4. The zero-order valence-electron chi connectivity index (χ0n) is 16.2. The number of aryl methyl sites for hydroxylation is 2. The van der Waals surface area contributed by atoms with Gasteiger partial charge in [-0.05, 0) is 73.6 Å². The number of fused-ring (bicyclic) bond motifs is 3. The minimum Gasteiger partial charge on any atom is -0.452 e. The fraction of sp³-hybridized carbons (Fsp3) is 0.304. The molecule has 144 valence electrons. The Morgan fingerprint density at radius 2 is 2.07 bits per heavy atom. The van der Waals surface area contributed by atoms with Crippen molar-refractivity contribution in [2.24, 2.45) is 5.92 Å². The molecule has 1 aromatic heterocycles. The van der Waals surface area contributed by atoms with Crippen molar-refractivity contribution in [3.05, 3.63) is 64.8 Å². The van der Waals surface area contributed by atoms with E-state index in [4.69, 9.17) is 4.74 Å². The van der Waals surface area contributed by atoms with E-state index in [9.17, 15) is 9.59 Å². The van der Waals surface area contributed by atoms with E-state index in [-0.39, 0.29) is 12.5 Å². The van der Waals surface area contributed by atoms with Crippen LogP contribution >= 0.6 is 0 Å². The highest BCUT2D eigenvalue weighted by molar-refractivity contribution is 5.98. The molecule has 4 rings (SSSR count). The number of amides is 1. The van der Waals surface area contributed by atoms with Crippen molar-refractivity contribution >= 4 is 28.5 Å². The largest absolute Gasteiger partial charge is 0.452 e. The summed E-state index contributed by atoms with van der Waals surface area (Å²) < 4.78 is 5.22. The first-order valence-electron chi connectivity index (χ1n) is 9.66. The molecule has 3 aromatic rings. The maximum atomic E-state index is 12.4. The second-order valence-corrected chi connectivity index (χ2v) is 7.68. The van der Waals surface area contributed by atoms with Gasteiger partial charge in [0.05, 0.1) is 5.56 Å². The molecule has 2 aromatic carbocycles. The van der Waals surface area contributed by atoms with E-state index in [1.165, 1.54) is 17.7 Å². The van der Waals surface area contributed by atoms with E-state index >= 15 is 0 Å². The average Bonchev–Trinajstić information content (AvgIpc) is 3.03. The Hall–Kier alpha value is -3.08. The van der Waals surface area contributed by atoms with Gasteiger partial charge in [-0.15, -0.1) is 0 Å². The third-order valence-electron chi connectivity index (χ3n) is 5.31. The van der Waals surface area contributed by atoms with Gasteiger partial charge in [0.15, 0.2) is 6.61 Å². The molecule has 0 aliphatic heterocycles. The van der Waals surface area contributed by atoms with Crippen LogP contribution in [0.15, 0.2) is 42.5 Å². The van der Waals surface area contributed by atoms with Crippen LogP contribution < -0.4 is 5.32 Å². The number of anilines is 1. The summed E-state index contributed by atoms with van der Waals surface area (Å²) in [6.07, 6.45) is 3.25. The fourth-order valence-electron chi connectivity index (χ4n) is 3.85. The monoisotopic (exact) mass is 376 g/mol. The van der Waals surface area contributed by atoms with Gasteiger partial charge in [0.1, 0.15) is 0 Å². The maximum Gasteiger partial charge on any atom is 0.338 e. The third-order valence-corrected chi connectivity index (χ3v) is 5.31. The number of hydrogen-bond donors (Lipinski definition) is 2. The molecule has 1 amide bonds. The van der Waals surface area contributed by atoms with Gasteiger partial charge in [0, 0.05) is 22.3 Å². The zero-order chi connectivity index (χ0) is 19.7. The minimum atomic E-state index is -0.486. The predicted octanol–water partition coefficient (Wildman–Crippen LogP) is 4.40. The molecule has 0 saturated carbocycles. The van der Waals surface area contributed by atoms with Crippen LogP contribution in [0, 0.1) is 12.8 Å². The second kappa shape index (κ2) is 7.50. The lowest BCUT2D eigenvalue weighted by Crippen LogP contribution is -2.21. The molecular weight excluding hydrogens is 352 g/mol. The van der Waals surface area contributed by atoms with Crippen molar-refractivity contribution in [2.45, 2.75) is 33.1 Å². The van der Waals surface area contributed by atoms with Gasteiger partial charge in [-0.1, -0.05) is 19.1 Å². The standard InChI is InChI=1S/C23H24N2O3/c1-14-4-3-5-17(10-14)24-22(26)13-28-23(27)16-7-9-21-19(12-16)18-11-15(2)6-8-20(18)25-21/h3-5,7,9-10,12,15,25H,6,8,11,13H2,1-2H3,(H,24,26). The summed E-state index contributed by atoms with van der Waals surface area (Å²) in [6.45, 7) is 3.89.